The highest BCUT2D eigenvalue weighted by molar-refractivity contribution is 9.10. The standard InChI is InChI=1S/C11H8BrF3N4O/c12-7-3-6(1-2-8(7)20-11(13,14)15)19-10-5-17-9(16)4-18-10/h1-5H,(H2,16,17)(H,18,19). The van der Waals surface area contributed by atoms with Gasteiger partial charge in [0.15, 0.2) is 0 Å². The number of alkyl halides is 3. The summed E-state index contributed by atoms with van der Waals surface area (Å²) in [5.41, 5.74) is 5.91. The molecule has 0 radical (unpaired) electrons. The molecule has 106 valence electrons. The highest BCUT2D eigenvalue weighted by Gasteiger charge is 2.31. The van der Waals surface area contributed by atoms with Crippen LogP contribution >= 0.6 is 15.9 Å². The Hall–Kier alpha value is -2.03. The third kappa shape index (κ3) is 3.98. The largest absolute Gasteiger partial charge is 0.573 e. The van der Waals surface area contributed by atoms with Crippen molar-refractivity contribution in [2.75, 3.05) is 11.1 Å². The van der Waals surface area contributed by atoms with E-state index in [2.05, 4.69) is 36.0 Å². The minimum absolute atomic E-state index is 0.156. The second-order valence-corrected chi connectivity index (χ2v) is 4.50. The Morgan fingerprint density at radius 1 is 1.20 bits per heavy atom. The average molecular weight is 349 g/mol. The third-order valence-corrected chi connectivity index (χ3v) is 2.72. The summed E-state index contributed by atoms with van der Waals surface area (Å²) in [6.07, 6.45) is -1.97. The topological polar surface area (TPSA) is 73.1 Å². The first-order chi connectivity index (χ1) is 9.33. The number of rotatable bonds is 3. The minimum atomic E-state index is -4.74. The molecule has 0 atom stereocenters. The molecule has 0 aliphatic rings. The van der Waals surface area contributed by atoms with Gasteiger partial charge in [-0.3, -0.25) is 0 Å². The Morgan fingerprint density at radius 2 is 1.95 bits per heavy atom. The van der Waals surface area contributed by atoms with Crippen LogP contribution in [0.4, 0.5) is 30.5 Å². The number of nitrogens with two attached hydrogens (primary N) is 1. The molecule has 20 heavy (non-hydrogen) atoms. The SMILES string of the molecule is Nc1cnc(Nc2ccc(OC(F)(F)F)c(Br)c2)cn1. The normalized spacial score (nSPS) is 11.2. The molecule has 0 saturated heterocycles. The van der Waals surface area contributed by atoms with Crippen molar-refractivity contribution < 1.29 is 17.9 Å². The van der Waals surface area contributed by atoms with Crippen LogP contribution in [-0.4, -0.2) is 16.3 Å². The monoisotopic (exact) mass is 348 g/mol. The van der Waals surface area contributed by atoms with Crippen molar-refractivity contribution in [2.24, 2.45) is 0 Å². The van der Waals surface area contributed by atoms with E-state index in [1.807, 2.05) is 0 Å². The smallest absolute Gasteiger partial charge is 0.405 e. The summed E-state index contributed by atoms with van der Waals surface area (Å²) >= 11 is 3.00. The summed E-state index contributed by atoms with van der Waals surface area (Å²) in [5.74, 6) is 0.354. The lowest BCUT2D eigenvalue weighted by atomic mass is 10.3. The van der Waals surface area contributed by atoms with E-state index in [0.717, 1.165) is 0 Å². The lowest BCUT2D eigenvalue weighted by molar-refractivity contribution is -0.274. The summed E-state index contributed by atoms with van der Waals surface area (Å²) in [7, 11) is 0. The quantitative estimate of drug-likeness (QED) is 0.888. The molecule has 0 unspecified atom stereocenters. The maximum absolute atomic E-state index is 12.1. The van der Waals surface area contributed by atoms with Gasteiger partial charge in [-0.25, -0.2) is 9.97 Å². The maximum atomic E-state index is 12.1. The van der Waals surface area contributed by atoms with Crippen LogP contribution in [0.3, 0.4) is 0 Å². The first-order valence-electron chi connectivity index (χ1n) is 5.23. The van der Waals surface area contributed by atoms with E-state index in [-0.39, 0.29) is 16.0 Å². The first-order valence-corrected chi connectivity index (χ1v) is 6.02. The molecule has 9 heteroatoms. The first kappa shape index (κ1) is 14.4. The summed E-state index contributed by atoms with van der Waals surface area (Å²) in [6, 6.07) is 4.04. The molecule has 0 amide bonds. The van der Waals surface area contributed by atoms with E-state index in [1.54, 1.807) is 0 Å². The molecule has 0 fully saturated rings. The van der Waals surface area contributed by atoms with Crippen LogP contribution in [0.25, 0.3) is 0 Å². The van der Waals surface area contributed by atoms with Gasteiger partial charge in [0, 0.05) is 5.69 Å². The lowest BCUT2D eigenvalue weighted by Gasteiger charge is -2.12. The van der Waals surface area contributed by atoms with Gasteiger partial charge in [-0.2, -0.15) is 0 Å². The molecule has 2 rings (SSSR count). The average Bonchev–Trinajstić information content (AvgIpc) is 2.34. The number of aromatic nitrogens is 2. The van der Waals surface area contributed by atoms with Crippen LogP contribution < -0.4 is 15.8 Å². The zero-order valence-corrected chi connectivity index (χ0v) is 11.4. The second-order valence-electron chi connectivity index (χ2n) is 3.64. The molecule has 5 nitrogen and oxygen atoms in total. The number of ether oxygens (including phenoxy) is 1. The molecule has 3 N–H and O–H groups in total. The van der Waals surface area contributed by atoms with E-state index >= 15 is 0 Å². The van der Waals surface area contributed by atoms with Gasteiger partial charge in [-0.15, -0.1) is 13.2 Å². The number of hydrogen-bond donors (Lipinski definition) is 2. The summed E-state index contributed by atoms with van der Waals surface area (Å²) in [5, 5.41) is 2.87. The molecular weight excluding hydrogens is 341 g/mol. The van der Waals surface area contributed by atoms with Gasteiger partial charge < -0.3 is 15.8 Å². The predicted molar refractivity (Wildman–Crippen MR) is 70.6 cm³/mol. The second kappa shape index (κ2) is 5.53. The Kier molecular flexibility index (Phi) is 3.98. The third-order valence-electron chi connectivity index (χ3n) is 2.10. The van der Waals surface area contributed by atoms with E-state index in [9.17, 15) is 13.2 Å². The number of benzene rings is 1. The van der Waals surface area contributed by atoms with Crippen LogP contribution in [0, 0.1) is 0 Å². The van der Waals surface area contributed by atoms with Crippen LogP contribution in [0.1, 0.15) is 0 Å². The summed E-state index contributed by atoms with van der Waals surface area (Å²) in [6.45, 7) is 0. The van der Waals surface area contributed by atoms with Crippen molar-refractivity contribution in [2.45, 2.75) is 6.36 Å². The molecule has 0 bridgehead atoms. The number of hydrogen-bond acceptors (Lipinski definition) is 5. The number of nitrogens with zero attached hydrogens (tertiary/aromatic N) is 2. The molecule has 1 heterocycles. The van der Waals surface area contributed by atoms with Gasteiger partial charge in [0.1, 0.15) is 17.4 Å². The van der Waals surface area contributed by atoms with Gasteiger partial charge in [-0.1, -0.05) is 0 Å². The molecular formula is C11H8BrF3N4O. The Morgan fingerprint density at radius 3 is 2.50 bits per heavy atom. The number of nitrogens with one attached hydrogen (secondary N) is 1. The Balaban J connectivity index is 2.14. The minimum Gasteiger partial charge on any atom is -0.405 e. The van der Waals surface area contributed by atoms with Crippen molar-refractivity contribution >= 4 is 33.3 Å². The molecule has 1 aromatic heterocycles. The van der Waals surface area contributed by atoms with E-state index in [0.29, 0.717) is 11.5 Å². The van der Waals surface area contributed by atoms with Crippen molar-refractivity contribution in [3.8, 4) is 5.75 Å². The Bertz CT molecular complexity index is 604. The van der Waals surface area contributed by atoms with Gasteiger partial charge >= 0.3 is 6.36 Å². The zero-order valence-electron chi connectivity index (χ0n) is 9.78. The lowest BCUT2D eigenvalue weighted by Crippen LogP contribution is -2.17. The maximum Gasteiger partial charge on any atom is 0.573 e. The summed E-state index contributed by atoms with van der Waals surface area (Å²) in [4.78, 5) is 7.79. The Labute approximate surface area is 120 Å². The van der Waals surface area contributed by atoms with Crippen LogP contribution in [0.2, 0.25) is 0 Å². The van der Waals surface area contributed by atoms with Crippen LogP contribution in [-0.2, 0) is 0 Å². The van der Waals surface area contributed by atoms with Crippen LogP contribution in [0.5, 0.6) is 5.75 Å². The molecule has 1 aromatic carbocycles. The predicted octanol–water partition coefficient (Wildman–Crippen LogP) is 3.46. The number of halogens is 4. The van der Waals surface area contributed by atoms with Crippen LogP contribution in [0.15, 0.2) is 35.1 Å². The fourth-order valence-corrected chi connectivity index (χ4v) is 1.80. The highest BCUT2D eigenvalue weighted by Crippen LogP contribution is 2.33. The molecule has 2 aromatic rings. The fraction of sp³-hybridized carbons (Fsp3) is 0.0909. The highest BCUT2D eigenvalue weighted by atomic mass is 79.9. The van der Waals surface area contributed by atoms with Gasteiger partial charge in [0.25, 0.3) is 0 Å². The van der Waals surface area contributed by atoms with Gasteiger partial charge in [0.05, 0.1) is 16.9 Å². The zero-order chi connectivity index (χ0) is 14.8. The summed E-state index contributed by atoms with van der Waals surface area (Å²) < 4.78 is 40.3. The molecule has 0 aliphatic carbocycles. The fourth-order valence-electron chi connectivity index (χ4n) is 1.34. The molecule has 0 aliphatic heterocycles. The van der Waals surface area contributed by atoms with Gasteiger partial charge in [0.2, 0.25) is 0 Å². The van der Waals surface area contributed by atoms with Crippen molar-refractivity contribution in [3.63, 3.8) is 0 Å². The molecule has 0 saturated carbocycles. The number of anilines is 3. The van der Waals surface area contributed by atoms with Crippen molar-refractivity contribution in [1.82, 2.24) is 9.97 Å². The molecule has 0 spiro atoms. The van der Waals surface area contributed by atoms with Crippen molar-refractivity contribution in [3.05, 3.63) is 35.1 Å². The van der Waals surface area contributed by atoms with E-state index in [1.165, 1.54) is 30.6 Å². The number of nitrogen functional groups attached to an aromatic ring is 1. The van der Waals surface area contributed by atoms with E-state index in [4.69, 9.17) is 5.73 Å². The van der Waals surface area contributed by atoms with Gasteiger partial charge in [-0.05, 0) is 34.1 Å². The van der Waals surface area contributed by atoms with E-state index < -0.39 is 6.36 Å². The van der Waals surface area contributed by atoms with Crippen molar-refractivity contribution in [1.29, 1.82) is 0 Å².